The molecule has 0 aromatic rings. The first kappa shape index (κ1) is 9.31. The van der Waals surface area contributed by atoms with E-state index in [0.717, 1.165) is 0 Å². The van der Waals surface area contributed by atoms with Crippen molar-refractivity contribution < 1.29 is 19.7 Å². The Morgan fingerprint density at radius 1 is 1.90 bits per heavy atom. The molecule has 0 bridgehead atoms. The van der Waals surface area contributed by atoms with Crippen molar-refractivity contribution in [1.29, 1.82) is 0 Å². The molecule has 0 aromatic heterocycles. The Balaban J connectivity index is 4.08. The lowest BCUT2D eigenvalue weighted by molar-refractivity contribution is -0.169. The minimum Gasteiger partial charge on any atom is -0.478 e. The molecule has 0 aromatic carbocycles. The smallest absolute Gasteiger partial charge is 0.355 e. The van der Waals surface area contributed by atoms with Gasteiger partial charge >= 0.3 is 5.97 Å². The normalized spacial score (nSPS) is 16.3. The SMILES string of the molecule is COC[C@@](O)(NN)C(=O)O. The molecule has 0 unspecified atom stereocenters. The van der Waals surface area contributed by atoms with Crippen LogP contribution in [0.25, 0.3) is 0 Å². The van der Waals surface area contributed by atoms with Crippen molar-refractivity contribution in [3.8, 4) is 0 Å². The highest BCUT2D eigenvalue weighted by atomic mass is 16.5. The average molecular weight is 150 g/mol. The van der Waals surface area contributed by atoms with Crippen molar-refractivity contribution in [3.63, 3.8) is 0 Å². The van der Waals surface area contributed by atoms with E-state index in [1.165, 1.54) is 7.11 Å². The fourth-order valence-corrected chi connectivity index (χ4v) is 0.374. The van der Waals surface area contributed by atoms with Crippen LogP contribution in [0.2, 0.25) is 0 Å². The van der Waals surface area contributed by atoms with Crippen LogP contribution in [-0.2, 0) is 9.53 Å². The number of aliphatic hydroxyl groups is 1. The summed E-state index contributed by atoms with van der Waals surface area (Å²) in [4.78, 5) is 10.2. The van der Waals surface area contributed by atoms with E-state index in [4.69, 9.17) is 16.1 Å². The minimum atomic E-state index is -2.19. The van der Waals surface area contributed by atoms with Gasteiger partial charge in [0.1, 0.15) is 6.61 Å². The molecule has 6 heteroatoms. The Morgan fingerprint density at radius 2 is 2.40 bits per heavy atom. The number of hydrogen-bond donors (Lipinski definition) is 4. The molecular formula is C4H10N2O4. The van der Waals surface area contributed by atoms with Crippen LogP contribution in [0, 0.1) is 0 Å². The van der Waals surface area contributed by atoms with E-state index >= 15 is 0 Å². The van der Waals surface area contributed by atoms with Crippen molar-refractivity contribution in [2.75, 3.05) is 13.7 Å². The maximum Gasteiger partial charge on any atom is 0.355 e. The van der Waals surface area contributed by atoms with Crippen molar-refractivity contribution in [3.05, 3.63) is 0 Å². The topological polar surface area (TPSA) is 105 Å². The van der Waals surface area contributed by atoms with Gasteiger partial charge in [-0.15, -0.1) is 0 Å². The first-order chi connectivity index (χ1) is 4.56. The van der Waals surface area contributed by atoms with Crippen LogP contribution < -0.4 is 11.3 Å². The Morgan fingerprint density at radius 3 is 2.50 bits per heavy atom. The van der Waals surface area contributed by atoms with Gasteiger partial charge in [-0.1, -0.05) is 0 Å². The molecule has 5 N–H and O–H groups in total. The highest BCUT2D eigenvalue weighted by Crippen LogP contribution is 1.97. The van der Waals surface area contributed by atoms with Crippen molar-refractivity contribution >= 4 is 5.97 Å². The Kier molecular flexibility index (Phi) is 3.23. The zero-order chi connectivity index (χ0) is 8.20. The first-order valence-electron chi connectivity index (χ1n) is 2.49. The number of nitrogens with two attached hydrogens (primary N) is 1. The number of ether oxygens (including phenoxy) is 1. The van der Waals surface area contributed by atoms with E-state index in [2.05, 4.69) is 4.74 Å². The van der Waals surface area contributed by atoms with Gasteiger partial charge in [0.05, 0.1) is 0 Å². The molecular weight excluding hydrogens is 140 g/mol. The summed E-state index contributed by atoms with van der Waals surface area (Å²) in [6.07, 6.45) is 0. The van der Waals surface area contributed by atoms with Gasteiger partial charge < -0.3 is 14.9 Å². The standard InChI is InChI=1S/C4H10N2O4/c1-10-2-4(9,6-5)3(7)8/h6,9H,2,5H2,1H3,(H,7,8)/t4-/m0/s1. The molecule has 10 heavy (non-hydrogen) atoms. The second kappa shape index (κ2) is 3.47. The van der Waals surface area contributed by atoms with Crippen LogP contribution in [0.1, 0.15) is 0 Å². The molecule has 0 saturated carbocycles. The van der Waals surface area contributed by atoms with Crippen LogP contribution in [0.4, 0.5) is 0 Å². The summed E-state index contributed by atoms with van der Waals surface area (Å²) in [5.74, 6) is 3.26. The number of methoxy groups -OCH3 is 1. The van der Waals surface area contributed by atoms with Crippen LogP contribution >= 0.6 is 0 Å². The van der Waals surface area contributed by atoms with E-state index in [-0.39, 0.29) is 0 Å². The van der Waals surface area contributed by atoms with Crippen molar-refractivity contribution in [2.24, 2.45) is 5.84 Å². The van der Waals surface area contributed by atoms with Gasteiger partial charge in [0.25, 0.3) is 5.72 Å². The monoisotopic (exact) mass is 150 g/mol. The number of hydrazine groups is 1. The molecule has 0 amide bonds. The highest BCUT2D eigenvalue weighted by molar-refractivity contribution is 5.76. The summed E-state index contributed by atoms with van der Waals surface area (Å²) < 4.78 is 4.39. The molecule has 0 heterocycles. The largest absolute Gasteiger partial charge is 0.478 e. The number of carboxylic acid groups (broad SMARTS) is 1. The van der Waals surface area contributed by atoms with E-state index < -0.39 is 18.3 Å². The van der Waals surface area contributed by atoms with Crippen molar-refractivity contribution in [1.82, 2.24) is 5.43 Å². The summed E-state index contributed by atoms with van der Waals surface area (Å²) >= 11 is 0. The third kappa shape index (κ3) is 1.92. The number of carboxylic acids is 1. The lowest BCUT2D eigenvalue weighted by Crippen LogP contribution is -2.58. The number of nitrogens with one attached hydrogen (secondary N) is 1. The van der Waals surface area contributed by atoms with Gasteiger partial charge in [0, 0.05) is 7.11 Å². The van der Waals surface area contributed by atoms with Gasteiger partial charge in [0.15, 0.2) is 0 Å². The molecule has 0 aliphatic rings. The Labute approximate surface area is 57.6 Å². The van der Waals surface area contributed by atoms with E-state index in [1.807, 2.05) is 0 Å². The Bertz CT molecular complexity index is 128. The average Bonchev–Trinajstić information content (AvgIpc) is 1.88. The van der Waals surface area contributed by atoms with Gasteiger partial charge in [0.2, 0.25) is 0 Å². The fraction of sp³-hybridized carbons (Fsp3) is 0.750. The lowest BCUT2D eigenvalue weighted by atomic mass is 10.2. The Hall–Kier alpha value is -0.690. The predicted octanol–water partition coefficient (Wildman–Crippen LogP) is -2.13. The van der Waals surface area contributed by atoms with Crippen molar-refractivity contribution in [2.45, 2.75) is 5.72 Å². The summed E-state index contributed by atoms with van der Waals surface area (Å²) in [7, 11) is 1.26. The summed E-state index contributed by atoms with van der Waals surface area (Å²) in [5, 5.41) is 17.2. The summed E-state index contributed by atoms with van der Waals surface area (Å²) in [5.41, 5.74) is -0.476. The highest BCUT2D eigenvalue weighted by Gasteiger charge is 2.34. The number of rotatable bonds is 4. The van der Waals surface area contributed by atoms with Crippen LogP contribution in [0.15, 0.2) is 0 Å². The molecule has 1 atom stereocenters. The fourth-order valence-electron chi connectivity index (χ4n) is 0.374. The molecule has 60 valence electrons. The zero-order valence-corrected chi connectivity index (χ0v) is 5.50. The molecule has 0 rings (SSSR count). The summed E-state index contributed by atoms with van der Waals surface area (Å²) in [6, 6.07) is 0. The van der Waals surface area contributed by atoms with E-state index in [0.29, 0.717) is 0 Å². The molecule has 6 nitrogen and oxygen atoms in total. The second-order valence-electron chi connectivity index (χ2n) is 1.74. The van der Waals surface area contributed by atoms with E-state index in [9.17, 15) is 4.79 Å². The molecule has 0 fully saturated rings. The van der Waals surface area contributed by atoms with E-state index in [1.54, 1.807) is 5.43 Å². The second-order valence-corrected chi connectivity index (χ2v) is 1.74. The van der Waals surface area contributed by atoms with Crippen LogP contribution in [0.3, 0.4) is 0 Å². The van der Waals surface area contributed by atoms with Gasteiger partial charge in [-0.2, -0.15) is 0 Å². The van der Waals surface area contributed by atoms with Crippen LogP contribution in [-0.4, -0.2) is 35.6 Å². The maximum atomic E-state index is 10.2. The third-order valence-corrected chi connectivity index (χ3v) is 0.946. The van der Waals surface area contributed by atoms with Gasteiger partial charge in [-0.05, 0) is 0 Å². The number of aliphatic carboxylic acids is 1. The lowest BCUT2D eigenvalue weighted by Gasteiger charge is -2.20. The quantitative estimate of drug-likeness (QED) is 0.207. The summed E-state index contributed by atoms with van der Waals surface area (Å²) in [6.45, 7) is -0.404. The number of carbonyl (C=O) groups is 1. The minimum absolute atomic E-state index is 0.404. The number of hydrogen-bond acceptors (Lipinski definition) is 5. The predicted molar refractivity (Wildman–Crippen MR) is 31.8 cm³/mol. The first-order valence-corrected chi connectivity index (χ1v) is 2.49. The molecule has 0 aliphatic carbocycles. The third-order valence-electron chi connectivity index (χ3n) is 0.946. The molecule has 0 radical (unpaired) electrons. The maximum absolute atomic E-state index is 10.2. The van der Waals surface area contributed by atoms with Gasteiger partial charge in [-0.3, -0.25) is 5.84 Å². The zero-order valence-electron chi connectivity index (χ0n) is 5.50. The van der Waals surface area contributed by atoms with Gasteiger partial charge in [-0.25, -0.2) is 10.2 Å². The molecule has 0 spiro atoms. The molecule has 0 saturated heterocycles. The molecule has 0 aliphatic heterocycles. The van der Waals surface area contributed by atoms with Crippen LogP contribution in [0.5, 0.6) is 0 Å².